The van der Waals surface area contributed by atoms with Crippen LogP contribution in [0.15, 0.2) is 0 Å². The molecule has 1 aromatic heterocycles. The van der Waals surface area contributed by atoms with Crippen molar-refractivity contribution in [3.05, 3.63) is 0 Å². The van der Waals surface area contributed by atoms with E-state index in [1.165, 1.54) is 14.2 Å². The summed E-state index contributed by atoms with van der Waals surface area (Å²) in [5.74, 6) is 0.730. The number of ether oxygens (including phenoxy) is 2. The first-order valence-corrected chi connectivity index (χ1v) is 6.39. The average Bonchev–Trinajstić information content (AvgIpc) is 2.44. The summed E-state index contributed by atoms with van der Waals surface area (Å²) in [6, 6.07) is 0.312. The van der Waals surface area contributed by atoms with Gasteiger partial charge < -0.3 is 20.1 Å². The van der Waals surface area contributed by atoms with Crippen molar-refractivity contribution >= 4 is 11.9 Å². The van der Waals surface area contributed by atoms with Gasteiger partial charge in [0.15, 0.2) is 0 Å². The molecule has 0 saturated carbocycles. The molecule has 1 heterocycles. The van der Waals surface area contributed by atoms with Crippen molar-refractivity contribution in [3.8, 4) is 12.0 Å². The third kappa shape index (κ3) is 5.68. The predicted molar refractivity (Wildman–Crippen MR) is 73.9 cm³/mol. The maximum Gasteiger partial charge on any atom is 0.324 e. The van der Waals surface area contributed by atoms with Crippen LogP contribution in [-0.4, -0.2) is 48.2 Å². The lowest BCUT2D eigenvalue weighted by Gasteiger charge is -2.09. The van der Waals surface area contributed by atoms with E-state index in [1.54, 1.807) is 0 Å². The Morgan fingerprint density at radius 3 is 2.25 bits per heavy atom. The van der Waals surface area contributed by atoms with Crippen LogP contribution in [0.25, 0.3) is 0 Å². The van der Waals surface area contributed by atoms with Gasteiger partial charge in [-0.3, -0.25) is 4.79 Å². The highest BCUT2D eigenvalue weighted by molar-refractivity contribution is 5.76. The first-order valence-electron chi connectivity index (χ1n) is 6.39. The summed E-state index contributed by atoms with van der Waals surface area (Å²) in [5.41, 5.74) is 0. The summed E-state index contributed by atoms with van der Waals surface area (Å²) in [4.78, 5) is 23.4. The number of rotatable bonds is 8. The number of aromatic nitrogens is 3. The molecule has 1 amide bonds. The fourth-order valence-corrected chi connectivity index (χ4v) is 1.29. The summed E-state index contributed by atoms with van der Waals surface area (Å²) < 4.78 is 9.86. The van der Waals surface area contributed by atoms with Crippen LogP contribution in [0.1, 0.15) is 20.3 Å². The lowest BCUT2D eigenvalue weighted by Crippen LogP contribution is -2.28. The zero-order valence-corrected chi connectivity index (χ0v) is 12.3. The SMILES string of the molecule is COc1nc(NCCC(=O)NCC(C)C)nc(OC)n1. The van der Waals surface area contributed by atoms with E-state index in [0.29, 0.717) is 31.4 Å². The maximum absolute atomic E-state index is 11.5. The molecule has 8 nitrogen and oxygen atoms in total. The summed E-state index contributed by atoms with van der Waals surface area (Å²) in [7, 11) is 2.91. The van der Waals surface area contributed by atoms with E-state index >= 15 is 0 Å². The van der Waals surface area contributed by atoms with E-state index in [-0.39, 0.29) is 17.9 Å². The van der Waals surface area contributed by atoms with E-state index in [9.17, 15) is 4.79 Å². The molecule has 1 aromatic rings. The Morgan fingerprint density at radius 2 is 1.75 bits per heavy atom. The van der Waals surface area contributed by atoms with Crippen molar-refractivity contribution in [3.63, 3.8) is 0 Å². The zero-order chi connectivity index (χ0) is 15.0. The molecular weight excluding hydrogens is 262 g/mol. The van der Waals surface area contributed by atoms with Crippen molar-refractivity contribution in [2.24, 2.45) is 5.92 Å². The van der Waals surface area contributed by atoms with Gasteiger partial charge in [0.05, 0.1) is 14.2 Å². The minimum atomic E-state index is -0.0146. The summed E-state index contributed by atoms with van der Waals surface area (Å²) in [6.45, 7) is 5.18. The van der Waals surface area contributed by atoms with Gasteiger partial charge in [-0.05, 0) is 5.92 Å². The Bertz CT molecular complexity index is 417. The number of hydrogen-bond donors (Lipinski definition) is 2. The lowest BCUT2D eigenvalue weighted by molar-refractivity contribution is -0.120. The average molecular weight is 283 g/mol. The molecular formula is C12H21N5O3. The summed E-state index contributed by atoms with van der Waals surface area (Å²) in [5, 5.41) is 5.76. The Balaban J connectivity index is 2.43. The molecule has 20 heavy (non-hydrogen) atoms. The van der Waals surface area contributed by atoms with Crippen molar-refractivity contribution in [1.82, 2.24) is 20.3 Å². The van der Waals surface area contributed by atoms with Gasteiger partial charge in [-0.1, -0.05) is 13.8 Å². The second kappa shape index (κ2) is 8.13. The van der Waals surface area contributed by atoms with Gasteiger partial charge in [-0.2, -0.15) is 9.97 Å². The monoisotopic (exact) mass is 283 g/mol. The largest absolute Gasteiger partial charge is 0.467 e. The molecule has 0 radical (unpaired) electrons. The number of nitrogens with one attached hydrogen (secondary N) is 2. The first kappa shape index (κ1) is 15.9. The summed E-state index contributed by atoms with van der Waals surface area (Å²) >= 11 is 0. The molecule has 0 fully saturated rings. The lowest BCUT2D eigenvalue weighted by atomic mass is 10.2. The molecule has 0 aliphatic carbocycles. The molecule has 0 bridgehead atoms. The fourth-order valence-electron chi connectivity index (χ4n) is 1.29. The topological polar surface area (TPSA) is 98.3 Å². The highest BCUT2D eigenvalue weighted by atomic mass is 16.5. The number of carbonyl (C=O) groups is 1. The first-order chi connectivity index (χ1) is 9.55. The van der Waals surface area contributed by atoms with Crippen molar-refractivity contribution in [2.45, 2.75) is 20.3 Å². The Labute approximate surface area is 118 Å². The zero-order valence-electron chi connectivity index (χ0n) is 12.3. The van der Waals surface area contributed by atoms with Gasteiger partial charge in [-0.15, -0.1) is 4.98 Å². The van der Waals surface area contributed by atoms with Crippen LogP contribution in [0.3, 0.4) is 0 Å². The Hall–Kier alpha value is -2.12. The molecule has 0 spiro atoms. The van der Waals surface area contributed by atoms with E-state index < -0.39 is 0 Å². The predicted octanol–water partition coefficient (Wildman–Crippen LogP) is 0.463. The fraction of sp³-hybridized carbons (Fsp3) is 0.667. The highest BCUT2D eigenvalue weighted by Gasteiger charge is 2.07. The summed E-state index contributed by atoms with van der Waals surface area (Å²) in [6.07, 6.45) is 0.336. The number of hydrogen-bond acceptors (Lipinski definition) is 7. The van der Waals surface area contributed by atoms with E-state index in [2.05, 4.69) is 25.6 Å². The van der Waals surface area contributed by atoms with Gasteiger partial charge in [0.1, 0.15) is 0 Å². The van der Waals surface area contributed by atoms with E-state index in [1.807, 2.05) is 13.8 Å². The van der Waals surface area contributed by atoms with E-state index in [4.69, 9.17) is 9.47 Å². The van der Waals surface area contributed by atoms with Gasteiger partial charge in [-0.25, -0.2) is 0 Å². The van der Waals surface area contributed by atoms with Crippen LogP contribution in [0, 0.1) is 5.92 Å². The van der Waals surface area contributed by atoms with Crippen LogP contribution in [-0.2, 0) is 4.79 Å². The van der Waals surface area contributed by atoms with Gasteiger partial charge in [0.25, 0.3) is 0 Å². The van der Waals surface area contributed by atoms with E-state index in [0.717, 1.165) is 0 Å². The minimum absolute atomic E-state index is 0.0146. The molecule has 0 atom stereocenters. The molecule has 1 rings (SSSR count). The third-order valence-electron chi connectivity index (χ3n) is 2.30. The third-order valence-corrected chi connectivity index (χ3v) is 2.30. The smallest absolute Gasteiger partial charge is 0.324 e. The highest BCUT2D eigenvalue weighted by Crippen LogP contribution is 2.11. The van der Waals surface area contributed by atoms with Crippen molar-refractivity contribution in [2.75, 3.05) is 32.6 Å². The standard InChI is InChI=1S/C12H21N5O3/c1-8(2)7-14-9(18)5-6-13-10-15-11(19-3)17-12(16-10)20-4/h8H,5-7H2,1-4H3,(H,14,18)(H,13,15,16,17). The molecule has 0 aliphatic heterocycles. The Morgan fingerprint density at radius 1 is 1.15 bits per heavy atom. The Kier molecular flexibility index (Phi) is 6.48. The maximum atomic E-state index is 11.5. The molecule has 8 heteroatoms. The van der Waals surface area contributed by atoms with Crippen molar-refractivity contribution in [1.29, 1.82) is 0 Å². The van der Waals surface area contributed by atoms with Crippen LogP contribution >= 0.6 is 0 Å². The molecule has 2 N–H and O–H groups in total. The molecule has 0 saturated heterocycles. The number of carbonyl (C=O) groups excluding carboxylic acids is 1. The van der Waals surface area contributed by atoms with Gasteiger partial charge >= 0.3 is 12.0 Å². The quantitative estimate of drug-likeness (QED) is 0.715. The van der Waals surface area contributed by atoms with Gasteiger partial charge in [0, 0.05) is 19.5 Å². The second-order valence-corrected chi connectivity index (χ2v) is 4.51. The molecule has 0 aromatic carbocycles. The van der Waals surface area contributed by atoms with Crippen LogP contribution in [0.4, 0.5) is 5.95 Å². The number of anilines is 1. The van der Waals surface area contributed by atoms with Crippen LogP contribution in [0.5, 0.6) is 12.0 Å². The van der Waals surface area contributed by atoms with Crippen molar-refractivity contribution < 1.29 is 14.3 Å². The molecule has 0 unspecified atom stereocenters. The minimum Gasteiger partial charge on any atom is -0.467 e. The number of amides is 1. The molecule has 112 valence electrons. The normalized spacial score (nSPS) is 10.2. The number of nitrogens with zero attached hydrogens (tertiary/aromatic N) is 3. The second-order valence-electron chi connectivity index (χ2n) is 4.51. The van der Waals surface area contributed by atoms with Crippen LogP contribution < -0.4 is 20.1 Å². The van der Waals surface area contributed by atoms with Gasteiger partial charge in [0.2, 0.25) is 11.9 Å². The molecule has 0 aliphatic rings. The number of methoxy groups -OCH3 is 2. The van der Waals surface area contributed by atoms with Crippen LogP contribution in [0.2, 0.25) is 0 Å².